The van der Waals surface area contributed by atoms with Gasteiger partial charge in [-0.2, -0.15) is 0 Å². The summed E-state index contributed by atoms with van der Waals surface area (Å²) in [6, 6.07) is 0. The first-order chi connectivity index (χ1) is 8.69. The van der Waals surface area contributed by atoms with Crippen LogP contribution in [0.5, 0.6) is 0 Å². The van der Waals surface area contributed by atoms with Crippen molar-refractivity contribution in [2.24, 2.45) is 7.05 Å². The number of nitrogens with one attached hydrogen (secondary N) is 1. The Morgan fingerprint density at radius 2 is 2.44 bits per heavy atom. The van der Waals surface area contributed by atoms with Gasteiger partial charge in [-0.25, -0.2) is 4.98 Å². The molecule has 0 saturated carbocycles. The predicted octanol–water partition coefficient (Wildman–Crippen LogP) is 0.157. The third kappa shape index (κ3) is 4.67. The number of hydrogen-bond donors (Lipinski definition) is 2. The fourth-order valence-corrected chi connectivity index (χ4v) is 2.13. The maximum atomic E-state index is 11.5. The topological polar surface area (TPSA) is 76.4 Å². The van der Waals surface area contributed by atoms with Gasteiger partial charge in [0.05, 0.1) is 24.3 Å². The van der Waals surface area contributed by atoms with Crippen LogP contribution in [0.25, 0.3) is 0 Å². The first-order valence-electron chi connectivity index (χ1n) is 5.69. The van der Waals surface area contributed by atoms with Crippen molar-refractivity contribution < 1.29 is 14.6 Å². The maximum Gasteiger partial charge on any atom is 0.230 e. The highest BCUT2D eigenvalue weighted by Gasteiger charge is 2.08. The third-order valence-corrected chi connectivity index (χ3v) is 3.43. The van der Waals surface area contributed by atoms with Crippen molar-refractivity contribution in [2.45, 2.75) is 18.2 Å². The van der Waals surface area contributed by atoms with E-state index in [1.165, 1.54) is 11.8 Å². The number of nitrogens with zero attached hydrogens (tertiary/aromatic N) is 2. The van der Waals surface area contributed by atoms with Crippen LogP contribution in [0.15, 0.2) is 11.4 Å². The molecule has 0 bridgehead atoms. The number of methoxy groups -OCH3 is 1. The average Bonchev–Trinajstić information content (AvgIpc) is 2.73. The number of aromatic nitrogens is 2. The van der Waals surface area contributed by atoms with Crippen molar-refractivity contribution in [3.8, 4) is 0 Å². The molecule has 1 heterocycles. The fourth-order valence-electron chi connectivity index (χ4n) is 1.33. The fraction of sp³-hybridized carbons (Fsp3) is 0.636. The number of thioether (sulfide) groups is 1. The molecule has 0 atom stereocenters. The quantitative estimate of drug-likeness (QED) is 0.521. The van der Waals surface area contributed by atoms with Gasteiger partial charge in [0.1, 0.15) is 0 Å². The van der Waals surface area contributed by atoms with Crippen LogP contribution in [0.1, 0.15) is 12.1 Å². The number of rotatable bonds is 8. The second-order valence-electron chi connectivity index (χ2n) is 3.73. The highest BCUT2D eigenvalue weighted by atomic mass is 32.2. The average molecular weight is 273 g/mol. The number of aliphatic hydroxyl groups is 1. The summed E-state index contributed by atoms with van der Waals surface area (Å²) in [5.74, 6) is 0.299. The molecule has 6 nitrogen and oxygen atoms in total. The van der Waals surface area contributed by atoms with Gasteiger partial charge < -0.3 is 19.7 Å². The standard InChI is InChI=1S/C11H19N3O3S/c1-14-9(7-15)6-13-11(14)18-8-10(16)12-4-3-5-17-2/h6,15H,3-5,7-8H2,1-2H3,(H,12,16). The number of amides is 1. The zero-order chi connectivity index (χ0) is 13.4. The number of hydrogen-bond acceptors (Lipinski definition) is 5. The molecule has 1 amide bonds. The Balaban J connectivity index is 2.27. The Labute approximate surface area is 111 Å². The van der Waals surface area contributed by atoms with Crippen LogP contribution in [-0.2, 0) is 23.2 Å². The van der Waals surface area contributed by atoms with Crippen LogP contribution in [0.2, 0.25) is 0 Å². The molecule has 18 heavy (non-hydrogen) atoms. The molecule has 0 fully saturated rings. The summed E-state index contributed by atoms with van der Waals surface area (Å²) in [7, 11) is 3.45. The first-order valence-corrected chi connectivity index (χ1v) is 6.67. The molecule has 0 spiro atoms. The van der Waals surface area contributed by atoms with Gasteiger partial charge in [-0.15, -0.1) is 0 Å². The molecule has 1 rings (SSSR count). The first kappa shape index (κ1) is 15.0. The molecule has 0 unspecified atom stereocenters. The zero-order valence-electron chi connectivity index (χ0n) is 10.7. The van der Waals surface area contributed by atoms with Crippen LogP contribution in [-0.4, -0.2) is 46.6 Å². The molecule has 1 aromatic rings. The number of imidazole rings is 1. The van der Waals surface area contributed by atoms with Gasteiger partial charge in [0.15, 0.2) is 5.16 Å². The lowest BCUT2D eigenvalue weighted by atomic mass is 10.4. The van der Waals surface area contributed by atoms with E-state index in [0.717, 1.165) is 17.3 Å². The van der Waals surface area contributed by atoms with Gasteiger partial charge in [-0.3, -0.25) is 4.79 Å². The Morgan fingerprint density at radius 1 is 1.67 bits per heavy atom. The largest absolute Gasteiger partial charge is 0.390 e. The molecular weight excluding hydrogens is 254 g/mol. The van der Waals surface area contributed by atoms with Gasteiger partial charge in [-0.05, 0) is 6.42 Å². The molecule has 2 N–H and O–H groups in total. The molecule has 0 radical (unpaired) electrons. The molecule has 0 aromatic carbocycles. The van der Waals surface area contributed by atoms with E-state index in [2.05, 4.69) is 10.3 Å². The zero-order valence-corrected chi connectivity index (χ0v) is 11.5. The van der Waals surface area contributed by atoms with Crippen LogP contribution < -0.4 is 5.32 Å². The Kier molecular flexibility index (Phi) is 6.77. The maximum absolute atomic E-state index is 11.5. The van der Waals surface area contributed by atoms with Crippen molar-refractivity contribution in [1.82, 2.24) is 14.9 Å². The smallest absolute Gasteiger partial charge is 0.230 e. The van der Waals surface area contributed by atoms with Crippen molar-refractivity contribution in [2.75, 3.05) is 26.0 Å². The summed E-state index contributed by atoms with van der Waals surface area (Å²) in [4.78, 5) is 15.6. The molecule has 0 aliphatic rings. The number of carbonyl (C=O) groups is 1. The van der Waals surface area contributed by atoms with Crippen LogP contribution in [0, 0.1) is 0 Å². The lowest BCUT2D eigenvalue weighted by Gasteiger charge is -2.05. The minimum Gasteiger partial charge on any atom is -0.390 e. The van der Waals surface area contributed by atoms with Crippen molar-refractivity contribution in [3.63, 3.8) is 0 Å². The summed E-state index contributed by atoms with van der Waals surface area (Å²) >= 11 is 1.35. The van der Waals surface area contributed by atoms with Gasteiger partial charge in [0.2, 0.25) is 5.91 Å². The van der Waals surface area contributed by atoms with E-state index in [0.29, 0.717) is 18.9 Å². The number of ether oxygens (including phenoxy) is 1. The Hall–Kier alpha value is -1.05. The molecule has 7 heteroatoms. The van der Waals surface area contributed by atoms with Gasteiger partial charge in [-0.1, -0.05) is 11.8 Å². The number of carbonyl (C=O) groups excluding carboxylic acids is 1. The van der Waals surface area contributed by atoms with Gasteiger partial charge in [0, 0.05) is 27.3 Å². The highest BCUT2D eigenvalue weighted by Crippen LogP contribution is 2.16. The van der Waals surface area contributed by atoms with E-state index in [9.17, 15) is 4.79 Å². The van der Waals surface area contributed by atoms with Crippen molar-refractivity contribution in [3.05, 3.63) is 11.9 Å². The minimum atomic E-state index is -0.0483. The van der Waals surface area contributed by atoms with E-state index in [1.807, 2.05) is 7.05 Å². The number of aliphatic hydroxyl groups excluding tert-OH is 1. The minimum absolute atomic E-state index is 0.0235. The molecule has 0 aliphatic heterocycles. The van der Waals surface area contributed by atoms with Crippen LogP contribution >= 0.6 is 11.8 Å². The van der Waals surface area contributed by atoms with E-state index in [-0.39, 0.29) is 12.5 Å². The van der Waals surface area contributed by atoms with E-state index >= 15 is 0 Å². The summed E-state index contributed by atoms with van der Waals surface area (Å²) in [5.41, 5.74) is 0.734. The second kappa shape index (κ2) is 8.12. The molecule has 0 aliphatic carbocycles. The SMILES string of the molecule is COCCCNC(=O)CSc1ncc(CO)n1C. The summed E-state index contributed by atoms with van der Waals surface area (Å²) < 4.78 is 6.67. The molecular formula is C11H19N3O3S. The third-order valence-electron chi connectivity index (χ3n) is 2.38. The van der Waals surface area contributed by atoms with Crippen molar-refractivity contribution in [1.29, 1.82) is 0 Å². The molecule has 102 valence electrons. The molecule has 1 aromatic heterocycles. The summed E-state index contributed by atoms with van der Waals surface area (Å²) in [6.45, 7) is 1.22. The lowest BCUT2D eigenvalue weighted by Crippen LogP contribution is -2.26. The second-order valence-corrected chi connectivity index (χ2v) is 4.68. The highest BCUT2D eigenvalue weighted by molar-refractivity contribution is 7.99. The Bertz CT molecular complexity index is 382. The van der Waals surface area contributed by atoms with Gasteiger partial charge in [0.25, 0.3) is 0 Å². The summed E-state index contributed by atoms with van der Waals surface area (Å²) in [6.07, 6.45) is 2.42. The van der Waals surface area contributed by atoms with E-state index in [1.54, 1.807) is 17.9 Å². The normalized spacial score (nSPS) is 10.6. The van der Waals surface area contributed by atoms with E-state index in [4.69, 9.17) is 9.84 Å². The predicted molar refractivity (Wildman–Crippen MR) is 69.4 cm³/mol. The van der Waals surface area contributed by atoms with E-state index < -0.39 is 0 Å². The van der Waals surface area contributed by atoms with Crippen LogP contribution in [0.4, 0.5) is 0 Å². The Morgan fingerprint density at radius 3 is 3.06 bits per heavy atom. The lowest BCUT2D eigenvalue weighted by molar-refractivity contribution is -0.118. The monoisotopic (exact) mass is 273 g/mol. The summed E-state index contributed by atoms with van der Waals surface area (Å²) in [5, 5.41) is 12.5. The van der Waals surface area contributed by atoms with Crippen LogP contribution in [0.3, 0.4) is 0 Å². The molecule has 0 saturated heterocycles. The van der Waals surface area contributed by atoms with Crippen molar-refractivity contribution >= 4 is 17.7 Å². The van der Waals surface area contributed by atoms with Gasteiger partial charge >= 0.3 is 0 Å².